The number of hydrogen-bond acceptors (Lipinski definition) is 3. The zero-order chi connectivity index (χ0) is 13.9. The lowest BCUT2D eigenvalue weighted by Gasteiger charge is -2.31. The minimum Gasteiger partial charge on any atom is -0.393 e. The standard InChI is InChI=1S/C13H26N2O3S/c1-11-3-2-8-15(10-11)19(17,18)14-9-12-4-6-13(16)7-5-12/h11-14,16H,2-10H2,1H3. The molecule has 1 aliphatic carbocycles. The number of aliphatic hydroxyl groups excluding tert-OH is 1. The van der Waals surface area contributed by atoms with E-state index in [0.29, 0.717) is 31.5 Å². The van der Waals surface area contributed by atoms with Crippen molar-refractivity contribution < 1.29 is 13.5 Å². The third kappa shape index (κ3) is 4.41. The molecular weight excluding hydrogens is 264 g/mol. The van der Waals surface area contributed by atoms with Gasteiger partial charge in [0.2, 0.25) is 0 Å². The van der Waals surface area contributed by atoms with Gasteiger partial charge in [-0.2, -0.15) is 12.7 Å². The summed E-state index contributed by atoms with van der Waals surface area (Å²) in [7, 11) is -3.31. The number of rotatable bonds is 4. The molecule has 1 aliphatic heterocycles. The first-order valence-electron chi connectivity index (χ1n) is 7.40. The summed E-state index contributed by atoms with van der Waals surface area (Å²) in [6, 6.07) is 0. The van der Waals surface area contributed by atoms with Gasteiger partial charge in [0.25, 0.3) is 10.2 Å². The molecule has 0 amide bonds. The van der Waals surface area contributed by atoms with Crippen molar-refractivity contribution in [1.82, 2.24) is 9.03 Å². The van der Waals surface area contributed by atoms with Crippen LogP contribution in [0, 0.1) is 11.8 Å². The second kappa shape index (κ2) is 6.52. The van der Waals surface area contributed by atoms with Crippen molar-refractivity contribution in [3.05, 3.63) is 0 Å². The van der Waals surface area contributed by atoms with Crippen molar-refractivity contribution in [2.45, 2.75) is 51.6 Å². The van der Waals surface area contributed by atoms with Crippen LogP contribution in [0.4, 0.5) is 0 Å². The lowest BCUT2D eigenvalue weighted by atomic mass is 9.88. The van der Waals surface area contributed by atoms with Gasteiger partial charge in [0.1, 0.15) is 0 Å². The quantitative estimate of drug-likeness (QED) is 0.814. The Morgan fingerprint density at radius 1 is 1.21 bits per heavy atom. The lowest BCUT2D eigenvalue weighted by molar-refractivity contribution is 0.109. The number of piperidine rings is 1. The minimum absolute atomic E-state index is 0.184. The van der Waals surface area contributed by atoms with E-state index >= 15 is 0 Å². The van der Waals surface area contributed by atoms with Crippen molar-refractivity contribution in [2.24, 2.45) is 11.8 Å². The van der Waals surface area contributed by atoms with Crippen LogP contribution in [0.15, 0.2) is 0 Å². The summed E-state index contributed by atoms with van der Waals surface area (Å²) in [5.74, 6) is 0.829. The normalized spacial score (nSPS) is 34.3. The Morgan fingerprint density at radius 3 is 2.53 bits per heavy atom. The van der Waals surface area contributed by atoms with Gasteiger partial charge in [-0.15, -0.1) is 0 Å². The van der Waals surface area contributed by atoms with Gasteiger partial charge in [0, 0.05) is 19.6 Å². The molecule has 1 atom stereocenters. The molecule has 1 heterocycles. The van der Waals surface area contributed by atoms with Gasteiger partial charge in [-0.3, -0.25) is 0 Å². The predicted octanol–water partition coefficient (Wildman–Crippen LogP) is 1.10. The molecule has 2 rings (SSSR count). The molecule has 2 fully saturated rings. The summed E-state index contributed by atoms with van der Waals surface area (Å²) in [4.78, 5) is 0. The Hall–Kier alpha value is -0.170. The maximum Gasteiger partial charge on any atom is 0.279 e. The molecule has 2 N–H and O–H groups in total. The van der Waals surface area contributed by atoms with E-state index in [4.69, 9.17) is 0 Å². The zero-order valence-electron chi connectivity index (χ0n) is 11.7. The predicted molar refractivity (Wildman–Crippen MR) is 74.9 cm³/mol. The summed E-state index contributed by atoms with van der Waals surface area (Å²) in [6.45, 7) is 3.89. The topological polar surface area (TPSA) is 69.6 Å². The van der Waals surface area contributed by atoms with Crippen LogP contribution in [0.3, 0.4) is 0 Å². The highest BCUT2D eigenvalue weighted by Gasteiger charge is 2.28. The molecule has 0 aromatic rings. The second-order valence-electron chi connectivity index (χ2n) is 6.13. The first kappa shape index (κ1) is 15.2. The van der Waals surface area contributed by atoms with Crippen molar-refractivity contribution >= 4 is 10.2 Å². The van der Waals surface area contributed by atoms with Crippen molar-refractivity contribution in [2.75, 3.05) is 19.6 Å². The van der Waals surface area contributed by atoms with Gasteiger partial charge in [-0.1, -0.05) is 6.92 Å². The first-order valence-corrected chi connectivity index (χ1v) is 8.84. The Kier molecular flexibility index (Phi) is 5.22. The first-order chi connectivity index (χ1) is 8.97. The highest BCUT2D eigenvalue weighted by atomic mass is 32.2. The van der Waals surface area contributed by atoms with E-state index in [1.54, 1.807) is 4.31 Å². The fraction of sp³-hybridized carbons (Fsp3) is 1.00. The molecule has 6 heteroatoms. The van der Waals surface area contributed by atoms with Crippen LogP contribution in [0.2, 0.25) is 0 Å². The minimum atomic E-state index is -3.31. The van der Waals surface area contributed by atoms with Crippen LogP contribution in [0.1, 0.15) is 45.4 Å². The number of nitrogens with zero attached hydrogens (tertiary/aromatic N) is 1. The molecular formula is C13H26N2O3S. The molecule has 112 valence electrons. The van der Waals surface area contributed by atoms with Gasteiger partial charge in [-0.25, -0.2) is 4.72 Å². The number of hydrogen-bond donors (Lipinski definition) is 2. The van der Waals surface area contributed by atoms with E-state index in [2.05, 4.69) is 11.6 Å². The maximum atomic E-state index is 12.2. The molecule has 2 aliphatic rings. The summed E-state index contributed by atoms with van der Waals surface area (Å²) >= 11 is 0. The summed E-state index contributed by atoms with van der Waals surface area (Å²) in [5.41, 5.74) is 0. The van der Waals surface area contributed by atoms with Crippen LogP contribution in [-0.2, 0) is 10.2 Å². The van der Waals surface area contributed by atoms with E-state index in [1.165, 1.54) is 0 Å². The van der Waals surface area contributed by atoms with Crippen LogP contribution >= 0.6 is 0 Å². The summed E-state index contributed by atoms with van der Waals surface area (Å²) in [5, 5.41) is 9.44. The summed E-state index contributed by atoms with van der Waals surface area (Å²) in [6.07, 6.45) is 5.32. The van der Waals surface area contributed by atoms with E-state index in [-0.39, 0.29) is 6.10 Å². The van der Waals surface area contributed by atoms with Crippen LogP contribution in [-0.4, -0.2) is 43.6 Å². The van der Waals surface area contributed by atoms with E-state index < -0.39 is 10.2 Å². The Morgan fingerprint density at radius 2 is 1.89 bits per heavy atom. The highest BCUT2D eigenvalue weighted by molar-refractivity contribution is 7.87. The molecule has 0 radical (unpaired) electrons. The SMILES string of the molecule is CC1CCCN(S(=O)(=O)NCC2CCC(O)CC2)C1. The third-order valence-electron chi connectivity index (χ3n) is 4.33. The van der Waals surface area contributed by atoms with Crippen molar-refractivity contribution in [3.63, 3.8) is 0 Å². The average molecular weight is 290 g/mol. The Balaban J connectivity index is 1.80. The lowest BCUT2D eigenvalue weighted by Crippen LogP contribution is -2.46. The van der Waals surface area contributed by atoms with Crippen molar-refractivity contribution in [3.8, 4) is 0 Å². The van der Waals surface area contributed by atoms with Gasteiger partial charge in [-0.05, 0) is 50.4 Å². The maximum absolute atomic E-state index is 12.2. The molecule has 0 aromatic carbocycles. The number of aliphatic hydroxyl groups is 1. The van der Waals surface area contributed by atoms with Gasteiger partial charge >= 0.3 is 0 Å². The summed E-state index contributed by atoms with van der Waals surface area (Å²) < 4.78 is 28.7. The largest absolute Gasteiger partial charge is 0.393 e. The fourth-order valence-electron chi connectivity index (χ4n) is 3.03. The molecule has 0 spiro atoms. The molecule has 1 saturated carbocycles. The van der Waals surface area contributed by atoms with Crippen LogP contribution in [0.5, 0.6) is 0 Å². The molecule has 0 bridgehead atoms. The Labute approximate surface area is 116 Å². The van der Waals surface area contributed by atoms with E-state index in [0.717, 1.165) is 38.5 Å². The molecule has 5 nitrogen and oxygen atoms in total. The smallest absolute Gasteiger partial charge is 0.279 e. The monoisotopic (exact) mass is 290 g/mol. The van der Waals surface area contributed by atoms with E-state index in [9.17, 15) is 13.5 Å². The zero-order valence-corrected chi connectivity index (χ0v) is 12.5. The van der Waals surface area contributed by atoms with Crippen molar-refractivity contribution in [1.29, 1.82) is 0 Å². The van der Waals surface area contributed by atoms with Gasteiger partial charge in [0.15, 0.2) is 0 Å². The van der Waals surface area contributed by atoms with Gasteiger partial charge in [0.05, 0.1) is 6.10 Å². The molecule has 19 heavy (non-hydrogen) atoms. The fourth-order valence-corrected chi connectivity index (χ4v) is 4.48. The molecule has 1 unspecified atom stereocenters. The Bertz CT molecular complexity index is 377. The number of nitrogens with one attached hydrogen (secondary N) is 1. The average Bonchev–Trinajstić information content (AvgIpc) is 2.38. The molecule has 1 saturated heterocycles. The van der Waals surface area contributed by atoms with Gasteiger partial charge < -0.3 is 5.11 Å². The highest BCUT2D eigenvalue weighted by Crippen LogP contribution is 2.24. The molecule has 0 aromatic heterocycles. The van der Waals surface area contributed by atoms with Crippen LogP contribution in [0.25, 0.3) is 0 Å². The van der Waals surface area contributed by atoms with Crippen LogP contribution < -0.4 is 4.72 Å². The third-order valence-corrected chi connectivity index (χ3v) is 5.87. The van der Waals surface area contributed by atoms with E-state index in [1.807, 2.05) is 0 Å². The second-order valence-corrected chi connectivity index (χ2v) is 7.89.